The average Bonchev–Trinajstić information content (AvgIpc) is 2.86. The first kappa shape index (κ1) is 15.5. The predicted molar refractivity (Wildman–Crippen MR) is 82.5 cm³/mol. The number of aromatic nitrogens is 2. The van der Waals surface area contributed by atoms with Gasteiger partial charge in [0, 0.05) is 26.4 Å². The Morgan fingerprint density at radius 1 is 1.19 bits per heavy atom. The van der Waals surface area contributed by atoms with Gasteiger partial charge in [-0.1, -0.05) is 18.2 Å². The van der Waals surface area contributed by atoms with Gasteiger partial charge in [0.1, 0.15) is 18.2 Å². The van der Waals surface area contributed by atoms with E-state index in [0.29, 0.717) is 13.2 Å². The van der Waals surface area contributed by atoms with Crippen LogP contribution in [0.3, 0.4) is 0 Å². The monoisotopic (exact) mass is 289 g/mol. The summed E-state index contributed by atoms with van der Waals surface area (Å²) >= 11 is 0. The van der Waals surface area contributed by atoms with Gasteiger partial charge in [-0.2, -0.15) is 0 Å². The molecule has 2 rings (SSSR count). The third-order valence-corrected chi connectivity index (χ3v) is 3.25. The van der Waals surface area contributed by atoms with Crippen molar-refractivity contribution in [3.8, 4) is 5.75 Å². The molecule has 0 fully saturated rings. The number of nitrogens with zero attached hydrogens (tertiary/aromatic N) is 2. The quantitative estimate of drug-likeness (QED) is 0.717. The molecule has 1 N–H and O–H groups in total. The van der Waals surface area contributed by atoms with Crippen LogP contribution >= 0.6 is 0 Å². The molecule has 0 atom stereocenters. The number of ether oxygens (including phenoxy) is 2. The number of rotatable bonds is 9. The fraction of sp³-hybridized carbons (Fsp3) is 0.438. The van der Waals surface area contributed by atoms with E-state index in [-0.39, 0.29) is 0 Å². The Morgan fingerprint density at radius 2 is 2.00 bits per heavy atom. The first-order valence-corrected chi connectivity index (χ1v) is 7.19. The maximum atomic E-state index is 5.74. The molecule has 5 nitrogen and oxygen atoms in total. The molecule has 0 radical (unpaired) electrons. The van der Waals surface area contributed by atoms with Crippen LogP contribution in [-0.2, 0) is 17.8 Å². The van der Waals surface area contributed by atoms with Crippen molar-refractivity contribution < 1.29 is 9.47 Å². The van der Waals surface area contributed by atoms with Gasteiger partial charge < -0.3 is 19.4 Å². The van der Waals surface area contributed by atoms with Crippen LogP contribution in [0.2, 0.25) is 0 Å². The number of hydrogen-bond acceptors (Lipinski definition) is 4. The van der Waals surface area contributed by atoms with E-state index in [9.17, 15) is 0 Å². The van der Waals surface area contributed by atoms with E-state index < -0.39 is 0 Å². The first-order chi connectivity index (χ1) is 10.3. The lowest BCUT2D eigenvalue weighted by atomic mass is 10.3. The van der Waals surface area contributed by atoms with Crippen LogP contribution in [0.15, 0.2) is 36.5 Å². The van der Waals surface area contributed by atoms with Crippen LogP contribution in [-0.4, -0.2) is 36.4 Å². The number of hydrogen-bond donors (Lipinski definition) is 1. The predicted octanol–water partition coefficient (Wildman–Crippen LogP) is 2.01. The molecule has 1 heterocycles. The maximum absolute atomic E-state index is 5.74. The van der Waals surface area contributed by atoms with E-state index in [4.69, 9.17) is 9.47 Å². The van der Waals surface area contributed by atoms with Gasteiger partial charge in [-0.05, 0) is 19.1 Å². The second kappa shape index (κ2) is 8.44. The van der Waals surface area contributed by atoms with E-state index >= 15 is 0 Å². The summed E-state index contributed by atoms with van der Waals surface area (Å²) in [5, 5.41) is 3.34. The average molecular weight is 289 g/mol. The highest BCUT2D eigenvalue weighted by atomic mass is 16.5. The number of benzene rings is 1. The van der Waals surface area contributed by atoms with Gasteiger partial charge in [0.15, 0.2) is 0 Å². The molecule has 5 heteroatoms. The maximum Gasteiger partial charge on any atom is 0.119 e. The lowest BCUT2D eigenvalue weighted by molar-refractivity contribution is 0.199. The summed E-state index contributed by atoms with van der Waals surface area (Å²) in [6.07, 6.45) is 1.91. The molecule has 0 bridgehead atoms. The molecule has 0 aliphatic carbocycles. The zero-order valence-corrected chi connectivity index (χ0v) is 12.7. The van der Waals surface area contributed by atoms with Crippen LogP contribution < -0.4 is 10.1 Å². The third-order valence-electron chi connectivity index (χ3n) is 3.25. The summed E-state index contributed by atoms with van der Waals surface area (Å²) in [5.74, 6) is 1.91. The first-order valence-electron chi connectivity index (χ1n) is 7.19. The molecule has 114 valence electrons. The third kappa shape index (κ3) is 4.88. The van der Waals surface area contributed by atoms with Crippen molar-refractivity contribution in [1.82, 2.24) is 14.9 Å². The van der Waals surface area contributed by atoms with Gasteiger partial charge in [0.05, 0.1) is 18.8 Å². The summed E-state index contributed by atoms with van der Waals surface area (Å²) in [5.41, 5.74) is 1.17. The lowest BCUT2D eigenvalue weighted by Crippen LogP contribution is -2.21. The van der Waals surface area contributed by atoms with Crippen molar-refractivity contribution in [2.24, 2.45) is 0 Å². The van der Waals surface area contributed by atoms with Crippen molar-refractivity contribution in [3.05, 3.63) is 48.0 Å². The largest absolute Gasteiger partial charge is 0.492 e. The molecule has 1 aromatic heterocycles. The molecule has 0 saturated heterocycles. The zero-order chi connectivity index (χ0) is 14.9. The Morgan fingerprint density at radius 3 is 2.76 bits per heavy atom. The molecular formula is C16H23N3O2. The van der Waals surface area contributed by atoms with Crippen LogP contribution in [0.1, 0.15) is 11.5 Å². The molecule has 0 unspecified atom stereocenters. The Hall–Kier alpha value is -1.85. The molecule has 0 aliphatic heterocycles. The molecule has 0 amide bonds. The van der Waals surface area contributed by atoms with E-state index in [1.54, 1.807) is 7.11 Å². The Kier molecular flexibility index (Phi) is 6.24. The summed E-state index contributed by atoms with van der Waals surface area (Å²) < 4.78 is 13.0. The van der Waals surface area contributed by atoms with Gasteiger partial charge in [-0.3, -0.25) is 0 Å². The van der Waals surface area contributed by atoms with Gasteiger partial charge in [0.2, 0.25) is 0 Å². The van der Waals surface area contributed by atoms with Crippen molar-refractivity contribution in [1.29, 1.82) is 0 Å². The van der Waals surface area contributed by atoms with Crippen LogP contribution in [0, 0.1) is 6.92 Å². The number of para-hydroxylation sites is 1. The molecule has 21 heavy (non-hydrogen) atoms. The summed E-state index contributed by atoms with van der Waals surface area (Å²) in [4.78, 5) is 4.38. The van der Waals surface area contributed by atoms with Crippen molar-refractivity contribution in [2.75, 3.05) is 26.9 Å². The van der Waals surface area contributed by atoms with E-state index in [1.807, 2.05) is 43.5 Å². The molecule has 0 spiro atoms. The minimum Gasteiger partial charge on any atom is -0.492 e. The van der Waals surface area contributed by atoms with E-state index in [0.717, 1.165) is 31.2 Å². The van der Waals surface area contributed by atoms with E-state index in [2.05, 4.69) is 14.9 Å². The van der Waals surface area contributed by atoms with Crippen LogP contribution in [0.5, 0.6) is 5.75 Å². The van der Waals surface area contributed by atoms with Gasteiger partial charge >= 0.3 is 0 Å². The molecule has 1 aromatic carbocycles. The fourth-order valence-corrected chi connectivity index (χ4v) is 2.12. The molecule has 0 saturated carbocycles. The summed E-state index contributed by atoms with van der Waals surface area (Å²) in [6.45, 7) is 5.77. The Bertz CT molecular complexity index is 526. The SMILES string of the molecule is COCCNCc1cnc(C)n1CCOc1ccccc1. The number of methoxy groups -OCH3 is 1. The minimum atomic E-state index is 0.631. The van der Waals surface area contributed by atoms with Crippen LogP contribution in [0.25, 0.3) is 0 Å². The van der Waals surface area contributed by atoms with E-state index in [1.165, 1.54) is 5.69 Å². The molecule has 2 aromatic rings. The second-order valence-electron chi connectivity index (χ2n) is 4.78. The minimum absolute atomic E-state index is 0.631. The van der Waals surface area contributed by atoms with Crippen molar-refractivity contribution in [2.45, 2.75) is 20.0 Å². The number of nitrogens with one attached hydrogen (secondary N) is 1. The van der Waals surface area contributed by atoms with Crippen molar-refractivity contribution >= 4 is 0 Å². The molecular weight excluding hydrogens is 266 g/mol. The van der Waals surface area contributed by atoms with Gasteiger partial charge in [-0.15, -0.1) is 0 Å². The second-order valence-corrected chi connectivity index (χ2v) is 4.78. The number of aryl methyl sites for hydroxylation is 1. The topological polar surface area (TPSA) is 48.3 Å². The van der Waals surface area contributed by atoms with Gasteiger partial charge in [-0.25, -0.2) is 4.98 Å². The zero-order valence-electron chi connectivity index (χ0n) is 12.7. The number of imidazole rings is 1. The summed E-state index contributed by atoms with van der Waals surface area (Å²) in [6, 6.07) is 9.87. The summed E-state index contributed by atoms with van der Waals surface area (Å²) in [7, 11) is 1.71. The Labute approximate surface area is 125 Å². The Balaban J connectivity index is 1.83. The van der Waals surface area contributed by atoms with Crippen molar-refractivity contribution in [3.63, 3.8) is 0 Å². The molecule has 0 aliphatic rings. The van der Waals surface area contributed by atoms with Crippen LogP contribution in [0.4, 0.5) is 0 Å². The smallest absolute Gasteiger partial charge is 0.119 e. The standard InChI is InChI=1S/C16H23N3O2/c1-14-18-13-15(12-17-8-10-20-2)19(14)9-11-21-16-6-4-3-5-7-16/h3-7,13,17H,8-12H2,1-2H3. The van der Waals surface area contributed by atoms with Gasteiger partial charge in [0.25, 0.3) is 0 Å². The lowest BCUT2D eigenvalue weighted by Gasteiger charge is -2.12. The highest BCUT2D eigenvalue weighted by molar-refractivity contribution is 5.20. The normalized spacial score (nSPS) is 10.8. The highest BCUT2D eigenvalue weighted by Crippen LogP contribution is 2.09. The fourth-order valence-electron chi connectivity index (χ4n) is 2.12. The highest BCUT2D eigenvalue weighted by Gasteiger charge is 2.06.